The van der Waals surface area contributed by atoms with E-state index in [1.807, 2.05) is 11.8 Å². The molecule has 0 bridgehead atoms. The summed E-state index contributed by atoms with van der Waals surface area (Å²) in [5.74, 6) is 0.140. The van der Waals surface area contributed by atoms with Gasteiger partial charge in [0.2, 0.25) is 10.0 Å². The van der Waals surface area contributed by atoms with Crippen LogP contribution in [0.3, 0.4) is 0 Å². The van der Waals surface area contributed by atoms with Gasteiger partial charge in [0, 0.05) is 31.4 Å². The number of pyridine rings is 1. The number of imidazole rings is 1. The highest BCUT2D eigenvalue weighted by atomic mass is 32.2. The number of nitrogens with one attached hydrogen (secondary N) is 2. The highest BCUT2D eigenvalue weighted by molar-refractivity contribution is 7.89. The molecule has 0 spiro atoms. The van der Waals surface area contributed by atoms with Crippen LogP contribution in [0.1, 0.15) is 25.3 Å². The fourth-order valence-electron chi connectivity index (χ4n) is 4.54. The first-order chi connectivity index (χ1) is 17.9. The van der Waals surface area contributed by atoms with Gasteiger partial charge in [-0.1, -0.05) is 11.3 Å². The second-order valence-electron chi connectivity index (χ2n) is 9.57. The zero-order valence-electron chi connectivity index (χ0n) is 20.3. The summed E-state index contributed by atoms with van der Waals surface area (Å²) in [6.45, 7) is 1.50. The largest absolute Gasteiger partial charge is 0.377 e. The SMILES string of the molecule is C[C@@H]1CN(c2cc(S(=O)(=O)NC3(C)COC3)cn3c(-c4nnc(C(F)F)s4)ncc23)C[C@@H](COC(F)F)N1. The second-order valence-corrected chi connectivity index (χ2v) is 12.3. The maximum absolute atomic E-state index is 13.4. The number of sulfonamides is 1. The van der Waals surface area contributed by atoms with Crippen molar-refractivity contribution in [2.24, 2.45) is 0 Å². The maximum Gasteiger partial charge on any atom is 0.345 e. The lowest BCUT2D eigenvalue weighted by molar-refractivity contribution is -0.134. The van der Waals surface area contributed by atoms with Crippen LogP contribution in [0.15, 0.2) is 23.4 Å². The van der Waals surface area contributed by atoms with E-state index < -0.39 is 39.6 Å². The number of piperazine rings is 1. The normalized spacial score (nSPS) is 21.9. The number of hydrogen-bond acceptors (Lipinski definition) is 10. The predicted octanol–water partition coefficient (Wildman–Crippen LogP) is 2.26. The number of hydrogen-bond donors (Lipinski definition) is 2. The Morgan fingerprint density at radius 1 is 1.29 bits per heavy atom. The molecule has 208 valence electrons. The molecule has 0 amide bonds. The Kier molecular flexibility index (Phi) is 7.34. The van der Waals surface area contributed by atoms with Crippen molar-refractivity contribution in [3.8, 4) is 10.8 Å². The number of aromatic nitrogens is 4. The molecule has 11 nitrogen and oxygen atoms in total. The van der Waals surface area contributed by atoms with Crippen molar-refractivity contribution >= 4 is 32.6 Å². The molecule has 2 atom stereocenters. The van der Waals surface area contributed by atoms with E-state index in [4.69, 9.17) is 4.74 Å². The maximum atomic E-state index is 13.4. The lowest BCUT2D eigenvalue weighted by Gasteiger charge is -2.39. The minimum atomic E-state index is -4.06. The molecule has 5 rings (SSSR count). The average Bonchev–Trinajstić information content (AvgIpc) is 3.48. The molecule has 38 heavy (non-hydrogen) atoms. The number of rotatable bonds is 9. The van der Waals surface area contributed by atoms with Crippen LogP contribution in [0, 0.1) is 0 Å². The zero-order valence-corrected chi connectivity index (χ0v) is 21.9. The Morgan fingerprint density at radius 3 is 2.68 bits per heavy atom. The number of fused-ring (bicyclic) bond motifs is 1. The van der Waals surface area contributed by atoms with Gasteiger partial charge in [0.1, 0.15) is 4.90 Å². The molecule has 2 fully saturated rings. The van der Waals surface area contributed by atoms with Crippen LogP contribution in [-0.2, 0) is 19.5 Å². The van der Waals surface area contributed by atoms with Crippen molar-refractivity contribution < 1.29 is 35.5 Å². The highest BCUT2D eigenvalue weighted by Gasteiger charge is 2.38. The lowest BCUT2D eigenvalue weighted by atomic mass is 10.0. The van der Waals surface area contributed by atoms with E-state index in [1.54, 1.807) is 6.92 Å². The van der Waals surface area contributed by atoms with Gasteiger partial charge < -0.3 is 19.7 Å². The molecule has 0 aliphatic carbocycles. The van der Waals surface area contributed by atoms with E-state index in [-0.39, 0.29) is 48.1 Å². The van der Waals surface area contributed by atoms with E-state index in [9.17, 15) is 26.0 Å². The molecule has 2 saturated heterocycles. The summed E-state index contributed by atoms with van der Waals surface area (Å²) < 4.78 is 92.3. The summed E-state index contributed by atoms with van der Waals surface area (Å²) in [6, 6.07) is 0.884. The van der Waals surface area contributed by atoms with Gasteiger partial charge in [0.05, 0.1) is 42.8 Å². The van der Waals surface area contributed by atoms with Crippen LogP contribution in [-0.4, -0.2) is 85.1 Å². The smallest absolute Gasteiger partial charge is 0.345 e. The Morgan fingerprint density at radius 2 is 2.05 bits per heavy atom. The van der Waals surface area contributed by atoms with Gasteiger partial charge in [-0.3, -0.25) is 4.40 Å². The molecule has 0 unspecified atom stereocenters. The molecule has 0 saturated carbocycles. The van der Waals surface area contributed by atoms with Gasteiger partial charge in [-0.15, -0.1) is 10.2 Å². The first-order valence-electron chi connectivity index (χ1n) is 11.6. The van der Waals surface area contributed by atoms with Gasteiger partial charge in [-0.05, 0) is 19.9 Å². The van der Waals surface area contributed by atoms with Crippen molar-refractivity contribution in [1.29, 1.82) is 0 Å². The minimum absolute atomic E-state index is 0.0880. The number of halogens is 4. The van der Waals surface area contributed by atoms with Crippen molar-refractivity contribution in [3.63, 3.8) is 0 Å². The molecule has 2 aliphatic rings. The molecule has 0 aromatic carbocycles. The molecular weight excluding hydrogens is 554 g/mol. The van der Waals surface area contributed by atoms with E-state index in [2.05, 4.69) is 30.0 Å². The summed E-state index contributed by atoms with van der Waals surface area (Å²) >= 11 is 0.653. The Hall–Kier alpha value is -2.44. The Labute approximate surface area is 219 Å². The summed E-state index contributed by atoms with van der Waals surface area (Å²) in [4.78, 5) is 6.10. The third-order valence-electron chi connectivity index (χ3n) is 6.16. The Bertz CT molecular complexity index is 1410. The van der Waals surface area contributed by atoms with Crippen LogP contribution in [0.4, 0.5) is 23.2 Å². The van der Waals surface area contributed by atoms with Gasteiger partial charge in [-0.2, -0.15) is 8.78 Å². The fraction of sp³-hybridized carbons (Fsp3) is 0.571. The van der Waals surface area contributed by atoms with Gasteiger partial charge in [0.15, 0.2) is 15.8 Å². The first kappa shape index (κ1) is 27.1. The molecule has 2 N–H and O–H groups in total. The standard InChI is InChI=1S/C21H25F4N7O4S2/c1-11-5-31(6-12(27-11)8-36-20(24)25)14-3-13(38(33,34)30-21(2)9-35-10-21)7-32-15(14)4-26-17(32)19-29-28-18(37-19)16(22)23/h3-4,7,11-12,16,20,27,30H,5-6,8-10H2,1-2H3/t11-,12+/m1/s1. The minimum Gasteiger partial charge on any atom is -0.377 e. The molecule has 17 heteroatoms. The van der Waals surface area contributed by atoms with E-state index >= 15 is 0 Å². The molecule has 0 radical (unpaired) electrons. The van der Waals surface area contributed by atoms with Crippen LogP contribution in [0.2, 0.25) is 0 Å². The summed E-state index contributed by atoms with van der Waals surface area (Å²) in [5, 5.41) is 10.1. The number of nitrogens with zero attached hydrogens (tertiary/aromatic N) is 5. The number of anilines is 1. The van der Waals surface area contributed by atoms with Crippen molar-refractivity contribution in [2.45, 2.75) is 49.4 Å². The third-order valence-corrected chi connectivity index (χ3v) is 8.70. The molecule has 5 heterocycles. The monoisotopic (exact) mass is 579 g/mol. The van der Waals surface area contributed by atoms with Crippen molar-refractivity contribution in [2.75, 3.05) is 37.8 Å². The van der Waals surface area contributed by atoms with Crippen molar-refractivity contribution in [3.05, 3.63) is 23.5 Å². The lowest BCUT2D eigenvalue weighted by Crippen LogP contribution is -2.59. The van der Waals surface area contributed by atoms with Gasteiger partial charge >= 0.3 is 6.61 Å². The molecule has 3 aromatic rings. The van der Waals surface area contributed by atoms with E-state index in [0.29, 0.717) is 29.1 Å². The molecule has 2 aliphatic heterocycles. The quantitative estimate of drug-likeness (QED) is 0.368. The summed E-state index contributed by atoms with van der Waals surface area (Å²) in [7, 11) is -4.06. The van der Waals surface area contributed by atoms with E-state index in [0.717, 1.165) is 0 Å². The summed E-state index contributed by atoms with van der Waals surface area (Å²) in [6.07, 6.45) is 0.0123. The zero-order chi connectivity index (χ0) is 27.2. The van der Waals surface area contributed by atoms with E-state index in [1.165, 1.54) is 22.9 Å². The van der Waals surface area contributed by atoms with Gasteiger partial charge in [0.25, 0.3) is 6.43 Å². The van der Waals surface area contributed by atoms with Crippen molar-refractivity contribution in [1.82, 2.24) is 29.6 Å². The van der Waals surface area contributed by atoms with Crippen LogP contribution in [0.25, 0.3) is 16.3 Å². The summed E-state index contributed by atoms with van der Waals surface area (Å²) in [5.41, 5.74) is 0.169. The fourth-order valence-corrected chi connectivity index (χ4v) is 6.63. The van der Waals surface area contributed by atoms with Crippen LogP contribution in [0.5, 0.6) is 0 Å². The molecular formula is C21H25F4N7O4S2. The number of alkyl halides is 4. The predicted molar refractivity (Wildman–Crippen MR) is 129 cm³/mol. The van der Waals surface area contributed by atoms with Gasteiger partial charge in [-0.25, -0.2) is 26.9 Å². The average molecular weight is 580 g/mol. The topological polar surface area (TPSA) is 123 Å². The highest BCUT2D eigenvalue weighted by Crippen LogP contribution is 2.34. The number of ether oxygens (including phenoxy) is 2. The van der Waals surface area contributed by atoms with Crippen LogP contribution >= 0.6 is 11.3 Å². The molecule has 3 aromatic heterocycles. The van der Waals surface area contributed by atoms with Crippen LogP contribution < -0.4 is 14.9 Å². The third kappa shape index (κ3) is 5.48. The Balaban J connectivity index is 1.59. The first-order valence-corrected chi connectivity index (χ1v) is 13.9. The second kappa shape index (κ2) is 10.3.